The van der Waals surface area contributed by atoms with Crippen molar-refractivity contribution >= 4 is 45.1 Å². The lowest BCUT2D eigenvalue weighted by molar-refractivity contribution is 0.137. The van der Waals surface area contributed by atoms with Gasteiger partial charge in [0.05, 0.1) is 28.2 Å². The van der Waals surface area contributed by atoms with Crippen LogP contribution in [0.4, 0.5) is 11.4 Å². The van der Waals surface area contributed by atoms with Gasteiger partial charge in [0.25, 0.3) is 0 Å². The second-order valence-corrected chi connectivity index (χ2v) is 7.76. The lowest BCUT2D eigenvalue weighted by Gasteiger charge is -2.28. The molecule has 0 aliphatic rings. The van der Waals surface area contributed by atoms with E-state index in [2.05, 4.69) is 23.7 Å². The summed E-state index contributed by atoms with van der Waals surface area (Å²) in [6.07, 6.45) is 0. The van der Waals surface area contributed by atoms with E-state index in [1.54, 1.807) is 48.5 Å². The molecule has 0 saturated heterocycles. The summed E-state index contributed by atoms with van der Waals surface area (Å²) in [4.78, 5) is 6.61. The molecule has 3 rings (SSSR count). The van der Waals surface area contributed by atoms with Crippen LogP contribution in [0.15, 0.2) is 48.5 Å². The van der Waals surface area contributed by atoms with Crippen LogP contribution in [0.1, 0.15) is 19.5 Å². The van der Waals surface area contributed by atoms with Crippen LogP contribution in [0.2, 0.25) is 5.02 Å². The fourth-order valence-electron chi connectivity index (χ4n) is 3.04. The average molecular weight is 433 g/mol. The molecule has 6 nitrogen and oxygen atoms in total. The highest BCUT2D eigenvalue weighted by molar-refractivity contribution is 7.81. The largest absolute Gasteiger partial charge is 0.755 e. The lowest BCUT2D eigenvalue weighted by atomic mass is 10.1. The Morgan fingerprint density at radius 1 is 1.10 bits per heavy atom. The van der Waals surface area contributed by atoms with E-state index in [1.807, 2.05) is 6.92 Å². The highest BCUT2D eigenvalue weighted by atomic mass is 35.5. The highest BCUT2D eigenvalue weighted by Crippen LogP contribution is 2.35. The number of rotatable bonds is 8. The summed E-state index contributed by atoms with van der Waals surface area (Å²) in [5.41, 5.74) is 2.37. The Labute approximate surface area is 178 Å². The molecule has 0 spiro atoms. The molecule has 154 valence electrons. The van der Waals surface area contributed by atoms with Gasteiger partial charge < -0.3 is 9.29 Å². The minimum Gasteiger partial charge on any atom is -0.755 e. The van der Waals surface area contributed by atoms with E-state index in [9.17, 15) is 8.76 Å². The first-order chi connectivity index (χ1) is 13.9. The Bertz CT molecular complexity index is 1000. The zero-order valence-electron chi connectivity index (χ0n) is 16.6. The van der Waals surface area contributed by atoms with Crippen molar-refractivity contribution in [3.8, 4) is 5.75 Å². The zero-order valence-corrected chi connectivity index (χ0v) is 18.2. The maximum absolute atomic E-state index is 12.1. The summed E-state index contributed by atoms with van der Waals surface area (Å²) < 4.78 is 31.3. The zero-order chi connectivity index (χ0) is 21.0. The standard InChI is InChI=1S/C21H24ClN3O3S/c1-4-24(5-2)14-28-18-9-7-17(8-10-18)25(29(26)27)21-12-15(3)23-20-13-16(22)6-11-19(20)21/h6-13H,4-5,14H2,1-3H3,(H,26,27)/p-1. The summed E-state index contributed by atoms with van der Waals surface area (Å²) >= 11 is 3.56. The van der Waals surface area contributed by atoms with Crippen LogP contribution in [0, 0.1) is 6.92 Å². The van der Waals surface area contributed by atoms with Crippen molar-refractivity contribution in [3.05, 3.63) is 59.2 Å². The van der Waals surface area contributed by atoms with Crippen molar-refractivity contribution in [2.45, 2.75) is 20.8 Å². The quantitative estimate of drug-likeness (QED) is 0.377. The Hall–Kier alpha value is -2.19. The number of ether oxygens (including phenoxy) is 1. The van der Waals surface area contributed by atoms with Crippen LogP contribution in [-0.4, -0.2) is 38.5 Å². The third-order valence-corrected chi connectivity index (χ3v) is 5.57. The first-order valence-electron chi connectivity index (χ1n) is 9.34. The van der Waals surface area contributed by atoms with Crippen LogP contribution < -0.4 is 9.04 Å². The van der Waals surface area contributed by atoms with Crippen LogP contribution in [0.3, 0.4) is 0 Å². The molecule has 29 heavy (non-hydrogen) atoms. The minimum atomic E-state index is -2.52. The highest BCUT2D eigenvalue weighted by Gasteiger charge is 2.16. The number of hydrogen-bond donors (Lipinski definition) is 0. The number of anilines is 2. The van der Waals surface area contributed by atoms with Gasteiger partial charge in [-0.1, -0.05) is 25.4 Å². The number of halogens is 1. The van der Waals surface area contributed by atoms with Crippen molar-refractivity contribution in [3.63, 3.8) is 0 Å². The maximum atomic E-state index is 12.1. The first kappa shape index (κ1) is 21.5. The van der Waals surface area contributed by atoms with Crippen molar-refractivity contribution < 1.29 is 13.5 Å². The predicted molar refractivity (Wildman–Crippen MR) is 117 cm³/mol. The molecule has 2 aromatic carbocycles. The third-order valence-electron chi connectivity index (χ3n) is 4.63. The second kappa shape index (κ2) is 9.54. The molecule has 1 heterocycles. The van der Waals surface area contributed by atoms with Crippen molar-refractivity contribution in [2.24, 2.45) is 0 Å². The first-order valence-corrected chi connectivity index (χ1v) is 10.8. The number of pyridine rings is 1. The summed E-state index contributed by atoms with van der Waals surface area (Å²) in [7, 11) is 0. The van der Waals surface area contributed by atoms with Crippen molar-refractivity contribution in [1.82, 2.24) is 9.88 Å². The second-order valence-electron chi connectivity index (χ2n) is 6.53. The number of nitrogens with zero attached hydrogens (tertiary/aromatic N) is 3. The van der Waals surface area contributed by atoms with Crippen molar-refractivity contribution in [1.29, 1.82) is 0 Å². The molecule has 0 aliphatic carbocycles. The van der Waals surface area contributed by atoms with E-state index in [-0.39, 0.29) is 0 Å². The number of benzene rings is 2. The Kier molecular flexibility index (Phi) is 7.08. The molecule has 0 fully saturated rings. The SMILES string of the molecule is CCN(CC)COc1ccc(N(c2cc(C)nc3cc(Cl)ccc23)S(=O)[O-])cc1. The summed E-state index contributed by atoms with van der Waals surface area (Å²) in [5.74, 6) is 0.680. The monoisotopic (exact) mass is 432 g/mol. The lowest BCUT2D eigenvalue weighted by Crippen LogP contribution is -2.27. The van der Waals surface area contributed by atoms with Gasteiger partial charge >= 0.3 is 0 Å². The molecule has 1 unspecified atom stereocenters. The van der Waals surface area contributed by atoms with Crippen LogP contribution in [-0.2, 0) is 11.3 Å². The van der Waals surface area contributed by atoms with E-state index in [0.29, 0.717) is 45.5 Å². The van der Waals surface area contributed by atoms with Gasteiger partial charge in [0.1, 0.15) is 12.5 Å². The van der Waals surface area contributed by atoms with Crippen LogP contribution in [0.25, 0.3) is 10.9 Å². The molecule has 0 amide bonds. The van der Waals surface area contributed by atoms with Gasteiger partial charge in [-0.05, 0) is 68.5 Å². The van der Waals surface area contributed by atoms with E-state index in [0.717, 1.165) is 13.1 Å². The molecule has 3 aromatic rings. The Morgan fingerprint density at radius 2 is 1.79 bits per heavy atom. The number of fused-ring (bicyclic) bond motifs is 1. The summed E-state index contributed by atoms with van der Waals surface area (Å²) in [6, 6.07) is 14.0. The molecule has 0 bridgehead atoms. The van der Waals surface area contributed by atoms with E-state index >= 15 is 0 Å². The fraction of sp³-hybridized carbons (Fsp3) is 0.286. The normalized spacial score (nSPS) is 12.3. The number of hydrogen-bond acceptors (Lipinski definition) is 5. The fourth-order valence-corrected chi connectivity index (χ4v) is 3.81. The Morgan fingerprint density at radius 3 is 2.41 bits per heavy atom. The van der Waals surface area contributed by atoms with E-state index < -0.39 is 11.3 Å². The van der Waals surface area contributed by atoms with Gasteiger partial charge in [-0.25, -0.2) is 0 Å². The number of aromatic nitrogens is 1. The molecule has 1 atom stereocenters. The molecule has 0 aliphatic heterocycles. The van der Waals surface area contributed by atoms with Gasteiger partial charge in [-0.15, -0.1) is 0 Å². The van der Waals surface area contributed by atoms with Crippen LogP contribution >= 0.6 is 11.6 Å². The maximum Gasteiger partial charge on any atom is 0.142 e. The molecule has 0 radical (unpaired) electrons. The number of aryl methyl sites for hydroxylation is 1. The van der Waals surface area contributed by atoms with Crippen molar-refractivity contribution in [2.75, 3.05) is 24.1 Å². The Balaban J connectivity index is 1.95. The van der Waals surface area contributed by atoms with Gasteiger partial charge in [0.2, 0.25) is 0 Å². The smallest absolute Gasteiger partial charge is 0.142 e. The average Bonchev–Trinajstić information content (AvgIpc) is 2.69. The molecule has 1 aromatic heterocycles. The van der Waals surface area contributed by atoms with Gasteiger partial charge in [-0.3, -0.25) is 18.4 Å². The summed E-state index contributed by atoms with van der Waals surface area (Å²) in [5, 5.41) is 1.25. The van der Waals surface area contributed by atoms with Gasteiger partial charge in [-0.2, -0.15) is 0 Å². The predicted octanol–water partition coefficient (Wildman–Crippen LogP) is 4.81. The van der Waals surface area contributed by atoms with Gasteiger partial charge in [0.15, 0.2) is 0 Å². The molecule has 8 heteroatoms. The third kappa shape index (κ3) is 5.05. The molecular weight excluding hydrogens is 410 g/mol. The molecular formula is C21H23ClN3O3S-. The molecule has 0 N–H and O–H groups in total. The van der Waals surface area contributed by atoms with Gasteiger partial charge in [0, 0.05) is 16.1 Å². The minimum absolute atomic E-state index is 0.485. The van der Waals surface area contributed by atoms with E-state index in [1.165, 1.54) is 4.31 Å². The van der Waals surface area contributed by atoms with E-state index in [4.69, 9.17) is 16.3 Å². The summed E-state index contributed by atoms with van der Waals surface area (Å²) in [6.45, 7) is 8.25. The topological polar surface area (TPSA) is 68.7 Å². The molecule has 0 saturated carbocycles. The van der Waals surface area contributed by atoms with Crippen LogP contribution in [0.5, 0.6) is 5.75 Å².